The van der Waals surface area contributed by atoms with Crippen molar-refractivity contribution in [2.75, 3.05) is 0 Å². The molecule has 0 unspecified atom stereocenters. The molecule has 0 spiro atoms. The van der Waals surface area contributed by atoms with Crippen LogP contribution in [0.4, 0.5) is 0 Å². The average Bonchev–Trinajstić information content (AvgIpc) is 3.89. The van der Waals surface area contributed by atoms with Crippen LogP contribution in [0.5, 0.6) is 0 Å². The molecule has 0 aliphatic rings. The van der Waals surface area contributed by atoms with Crippen molar-refractivity contribution in [2.24, 2.45) is 0 Å². The van der Waals surface area contributed by atoms with E-state index in [0.29, 0.717) is 17.5 Å². The van der Waals surface area contributed by atoms with Crippen LogP contribution in [0.1, 0.15) is 0 Å². The molecule has 0 saturated heterocycles. The van der Waals surface area contributed by atoms with Gasteiger partial charge in [-0.15, -0.1) is 11.3 Å². The van der Waals surface area contributed by atoms with Gasteiger partial charge in [0, 0.05) is 52.8 Å². The largest absolute Gasteiger partial charge is 0.456 e. The van der Waals surface area contributed by atoms with Crippen molar-refractivity contribution in [1.82, 2.24) is 15.0 Å². The molecular weight excluding hydrogens is 647 g/mol. The zero-order chi connectivity index (χ0) is 33.5. The van der Waals surface area contributed by atoms with Gasteiger partial charge in [-0.05, 0) is 47.5 Å². The molecule has 238 valence electrons. The number of aromatic nitrogens is 3. The van der Waals surface area contributed by atoms with Gasteiger partial charge in [0.15, 0.2) is 17.5 Å². The minimum Gasteiger partial charge on any atom is -0.456 e. The zero-order valence-electron chi connectivity index (χ0n) is 27.0. The van der Waals surface area contributed by atoms with Gasteiger partial charge in [0.05, 0.1) is 5.56 Å². The maximum Gasteiger partial charge on any atom is 0.167 e. The molecule has 11 aromatic rings. The molecule has 0 saturated carbocycles. The van der Waals surface area contributed by atoms with Crippen molar-refractivity contribution in [3.63, 3.8) is 0 Å². The van der Waals surface area contributed by atoms with E-state index in [2.05, 4.69) is 78.9 Å². The van der Waals surface area contributed by atoms with Crippen LogP contribution >= 0.6 is 11.3 Å². The van der Waals surface area contributed by atoms with Crippen LogP contribution in [0.25, 0.3) is 109 Å². The maximum atomic E-state index is 6.78. The summed E-state index contributed by atoms with van der Waals surface area (Å²) >= 11 is 1.83. The first kappa shape index (κ1) is 28.2. The van der Waals surface area contributed by atoms with E-state index in [9.17, 15) is 0 Å². The molecule has 5 nitrogen and oxygen atoms in total. The molecule has 51 heavy (non-hydrogen) atoms. The van der Waals surface area contributed by atoms with Crippen molar-refractivity contribution >= 4 is 75.4 Å². The van der Waals surface area contributed by atoms with Gasteiger partial charge in [-0.25, -0.2) is 15.0 Å². The summed E-state index contributed by atoms with van der Waals surface area (Å²) in [6.45, 7) is 0. The fraction of sp³-hybridized carbons (Fsp3) is 0. The highest BCUT2D eigenvalue weighted by Crippen LogP contribution is 2.46. The number of fused-ring (bicyclic) bond motifs is 9. The molecule has 0 atom stereocenters. The number of benzene rings is 7. The predicted molar refractivity (Wildman–Crippen MR) is 209 cm³/mol. The zero-order valence-corrected chi connectivity index (χ0v) is 27.8. The molecule has 6 heteroatoms. The first-order valence-corrected chi connectivity index (χ1v) is 17.7. The highest BCUT2D eigenvalue weighted by molar-refractivity contribution is 7.25. The minimum atomic E-state index is 0.540. The number of hydrogen-bond acceptors (Lipinski definition) is 6. The van der Waals surface area contributed by atoms with E-state index in [1.54, 1.807) is 0 Å². The molecule has 11 rings (SSSR count). The number of hydrogen-bond donors (Lipinski definition) is 0. The SMILES string of the molecule is c1ccc(-c2nc(-c3ccc(-c4cccc5sc6ccccc6c45)c4c3oc3ccccc34)nc(-c3cccc4oc5ccccc5c34)n2)cc1. The van der Waals surface area contributed by atoms with Gasteiger partial charge in [-0.1, -0.05) is 115 Å². The van der Waals surface area contributed by atoms with Crippen molar-refractivity contribution < 1.29 is 8.83 Å². The van der Waals surface area contributed by atoms with E-state index in [1.807, 2.05) is 84.1 Å². The van der Waals surface area contributed by atoms with Crippen molar-refractivity contribution in [3.8, 4) is 45.3 Å². The van der Waals surface area contributed by atoms with Crippen LogP contribution in [-0.4, -0.2) is 15.0 Å². The van der Waals surface area contributed by atoms with Crippen molar-refractivity contribution in [2.45, 2.75) is 0 Å². The average molecular weight is 672 g/mol. The normalized spacial score (nSPS) is 11.9. The summed E-state index contributed by atoms with van der Waals surface area (Å²) in [5.74, 6) is 1.69. The molecule has 0 fully saturated rings. The third-order valence-electron chi connectivity index (χ3n) is 9.77. The Labute approximate surface area is 295 Å². The number of rotatable bonds is 4. The van der Waals surface area contributed by atoms with Crippen LogP contribution < -0.4 is 0 Å². The smallest absolute Gasteiger partial charge is 0.167 e. The Morgan fingerprint density at radius 3 is 1.76 bits per heavy atom. The lowest BCUT2D eigenvalue weighted by Gasteiger charge is -2.12. The van der Waals surface area contributed by atoms with E-state index in [0.717, 1.165) is 66.1 Å². The van der Waals surface area contributed by atoms with Crippen LogP contribution in [0.2, 0.25) is 0 Å². The Morgan fingerprint density at radius 2 is 0.922 bits per heavy atom. The molecule has 7 aromatic carbocycles. The maximum absolute atomic E-state index is 6.78. The summed E-state index contributed by atoms with van der Waals surface area (Å²) in [4.78, 5) is 15.4. The van der Waals surface area contributed by atoms with Gasteiger partial charge in [0.2, 0.25) is 0 Å². The summed E-state index contributed by atoms with van der Waals surface area (Å²) in [5, 5.41) is 6.60. The quantitative estimate of drug-likeness (QED) is 0.186. The van der Waals surface area contributed by atoms with Gasteiger partial charge in [0.25, 0.3) is 0 Å². The lowest BCUT2D eigenvalue weighted by Crippen LogP contribution is -2.00. The van der Waals surface area contributed by atoms with Crippen molar-refractivity contribution in [3.05, 3.63) is 152 Å². The van der Waals surface area contributed by atoms with Crippen LogP contribution in [0.3, 0.4) is 0 Å². The summed E-state index contributed by atoms with van der Waals surface area (Å²) in [7, 11) is 0. The molecule has 0 N–H and O–H groups in total. The van der Waals surface area contributed by atoms with Crippen molar-refractivity contribution in [1.29, 1.82) is 0 Å². The topological polar surface area (TPSA) is 65.0 Å². The van der Waals surface area contributed by atoms with E-state index in [4.69, 9.17) is 23.8 Å². The van der Waals surface area contributed by atoms with E-state index in [1.165, 1.54) is 25.7 Å². The number of para-hydroxylation sites is 2. The van der Waals surface area contributed by atoms with E-state index < -0.39 is 0 Å². The Morgan fingerprint density at radius 1 is 0.353 bits per heavy atom. The minimum absolute atomic E-state index is 0.540. The number of furan rings is 2. The lowest BCUT2D eigenvalue weighted by molar-refractivity contribution is 0.668. The van der Waals surface area contributed by atoms with Gasteiger partial charge >= 0.3 is 0 Å². The first-order valence-electron chi connectivity index (χ1n) is 16.9. The second-order valence-electron chi connectivity index (χ2n) is 12.7. The molecular formula is C45H25N3O2S. The monoisotopic (exact) mass is 671 g/mol. The highest BCUT2D eigenvalue weighted by atomic mass is 32.1. The molecule has 0 bridgehead atoms. The lowest BCUT2D eigenvalue weighted by atomic mass is 9.94. The first-order chi connectivity index (χ1) is 25.3. The molecule has 0 radical (unpaired) electrons. The summed E-state index contributed by atoms with van der Waals surface area (Å²) in [6.07, 6.45) is 0. The van der Waals surface area contributed by atoms with Crippen LogP contribution in [0.15, 0.2) is 160 Å². The Kier molecular flexibility index (Phi) is 6.05. The Hall–Kier alpha value is -6.63. The highest BCUT2D eigenvalue weighted by Gasteiger charge is 2.23. The standard InChI is InChI=1S/C45H25N3O2S/c1-2-12-26(13-3-1)43-46-44(32-18-10-21-36-39(32)29-14-4-7-19-34(29)49-36)48-45(47-43)33-25-24-28(41-30-15-5-8-20-35(30)50-42(33)41)27-17-11-23-38-40(27)31-16-6-9-22-37(31)51-38/h1-25H. The fourth-order valence-electron chi connectivity index (χ4n) is 7.52. The Bertz CT molecular complexity index is 3160. The van der Waals surface area contributed by atoms with Gasteiger partial charge < -0.3 is 8.83 Å². The summed E-state index contributed by atoms with van der Waals surface area (Å²) < 4.78 is 15.6. The fourth-order valence-corrected chi connectivity index (χ4v) is 8.65. The van der Waals surface area contributed by atoms with Crippen LogP contribution in [-0.2, 0) is 0 Å². The number of nitrogens with zero attached hydrogens (tertiary/aromatic N) is 3. The second-order valence-corrected chi connectivity index (χ2v) is 13.8. The van der Waals surface area contributed by atoms with E-state index >= 15 is 0 Å². The third kappa shape index (κ3) is 4.30. The van der Waals surface area contributed by atoms with Gasteiger partial charge in [-0.2, -0.15) is 0 Å². The van der Waals surface area contributed by atoms with Crippen LogP contribution in [0, 0.1) is 0 Å². The molecule has 4 heterocycles. The summed E-state index contributed by atoms with van der Waals surface area (Å²) in [6, 6.07) is 52.0. The molecule has 0 aliphatic heterocycles. The van der Waals surface area contributed by atoms with Gasteiger partial charge in [-0.3, -0.25) is 0 Å². The molecule has 0 aliphatic carbocycles. The predicted octanol–water partition coefficient (Wildman–Crippen LogP) is 12.7. The third-order valence-corrected chi connectivity index (χ3v) is 10.9. The molecule has 0 amide bonds. The summed E-state index contributed by atoms with van der Waals surface area (Å²) in [5.41, 5.74) is 8.04. The van der Waals surface area contributed by atoms with E-state index in [-0.39, 0.29) is 0 Å². The molecule has 4 aromatic heterocycles. The second kappa shape index (κ2) is 10.9. The van der Waals surface area contributed by atoms with Gasteiger partial charge in [0.1, 0.15) is 22.3 Å². The Balaban J connectivity index is 1.21. The number of thiophene rings is 1.